The summed E-state index contributed by atoms with van der Waals surface area (Å²) in [5.41, 5.74) is 6.36. The zero-order chi connectivity index (χ0) is 15.0. The second kappa shape index (κ2) is 5.82. The standard InChI is InChI=1S/C17H22ClN3/c1-11-17(18)16(21(3)20-11)10-15(19-2)14-8-7-12-5-4-6-13(12)9-14/h7-9,15,19H,4-6,10H2,1-3H3. The molecule has 0 bridgehead atoms. The molecule has 0 amide bonds. The Kier molecular flexibility index (Phi) is 4.05. The predicted molar refractivity (Wildman–Crippen MR) is 86.9 cm³/mol. The number of nitrogens with zero attached hydrogens (tertiary/aromatic N) is 2. The first-order valence-corrected chi connectivity index (χ1v) is 7.95. The van der Waals surface area contributed by atoms with Gasteiger partial charge in [-0.2, -0.15) is 5.10 Å². The van der Waals surface area contributed by atoms with Crippen molar-refractivity contribution in [2.45, 2.75) is 38.6 Å². The van der Waals surface area contributed by atoms with E-state index in [0.29, 0.717) is 0 Å². The minimum absolute atomic E-state index is 0.267. The maximum absolute atomic E-state index is 6.39. The van der Waals surface area contributed by atoms with Gasteiger partial charge in [0.25, 0.3) is 0 Å². The summed E-state index contributed by atoms with van der Waals surface area (Å²) in [4.78, 5) is 0. The van der Waals surface area contributed by atoms with Gasteiger partial charge in [-0.1, -0.05) is 29.8 Å². The van der Waals surface area contributed by atoms with Gasteiger partial charge in [0.2, 0.25) is 0 Å². The molecule has 1 aliphatic carbocycles. The van der Waals surface area contributed by atoms with Crippen molar-refractivity contribution in [3.63, 3.8) is 0 Å². The molecule has 0 saturated carbocycles. The van der Waals surface area contributed by atoms with Crippen molar-refractivity contribution in [3.8, 4) is 0 Å². The maximum Gasteiger partial charge on any atom is 0.0847 e. The normalized spacial score (nSPS) is 15.2. The first kappa shape index (κ1) is 14.6. The summed E-state index contributed by atoms with van der Waals surface area (Å²) in [6.45, 7) is 1.95. The van der Waals surface area contributed by atoms with Crippen LogP contribution in [0, 0.1) is 6.92 Å². The summed E-state index contributed by atoms with van der Waals surface area (Å²) < 4.78 is 1.90. The number of aromatic nitrogens is 2. The molecule has 0 aliphatic heterocycles. The lowest BCUT2D eigenvalue weighted by atomic mass is 9.98. The van der Waals surface area contributed by atoms with Crippen molar-refractivity contribution < 1.29 is 0 Å². The molecular weight excluding hydrogens is 282 g/mol. The van der Waals surface area contributed by atoms with Crippen molar-refractivity contribution in [2.24, 2.45) is 7.05 Å². The zero-order valence-corrected chi connectivity index (χ0v) is 13.7. The van der Waals surface area contributed by atoms with E-state index in [1.165, 1.54) is 36.0 Å². The van der Waals surface area contributed by atoms with E-state index < -0.39 is 0 Å². The quantitative estimate of drug-likeness (QED) is 0.938. The molecule has 4 heteroatoms. The molecule has 112 valence electrons. The third-order valence-corrected chi connectivity index (χ3v) is 5.02. The first-order chi connectivity index (χ1) is 10.1. The molecule has 1 heterocycles. The van der Waals surface area contributed by atoms with Gasteiger partial charge < -0.3 is 5.32 Å². The second-order valence-electron chi connectivity index (χ2n) is 5.90. The molecule has 3 rings (SSSR count). The number of halogens is 1. The molecule has 0 fully saturated rings. The van der Waals surface area contributed by atoms with Gasteiger partial charge in [-0.05, 0) is 49.9 Å². The van der Waals surface area contributed by atoms with Crippen molar-refractivity contribution in [3.05, 3.63) is 51.3 Å². The Bertz CT molecular complexity index is 660. The van der Waals surface area contributed by atoms with Crippen LogP contribution in [0.4, 0.5) is 0 Å². The fourth-order valence-corrected chi connectivity index (χ4v) is 3.53. The molecule has 1 aliphatic rings. The highest BCUT2D eigenvalue weighted by Gasteiger charge is 2.19. The van der Waals surface area contributed by atoms with Crippen LogP contribution in [-0.4, -0.2) is 16.8 Å². The van der Waals surface area contributed by atoms with Crippen LogP contribution in [0.2, 0.25) is 5.02 Å². The topological polar surface area (TPSA) is 29.9 Å². The Morgan fingerprint density at radius 3 is 2.76 bits per heavy atom. The van der Waals surface area contributed by atoms with E-state index in [-0.39, 0.29) is 6.04 Å². The minimum atomic E-state index is 0.267. The van der Waals surface area contributed by atoms with Crippen molar-refractivity contribution >= 4 is 11.6 Å². The highest BCUT2D eigenvalue weighted by molar-refractivity contribution is 6.31. The largest absolute Gasteiger partial charge is 0.313 e. The Hall–Kier alpha value is -1.32. The van der Waals surface area contributed by atoms with Gasteiger partial charge in [0.15, 0.2) is 0 Å². The molecule has 0 radical (unpaired) electrons. The number of aryl methyl sites for hydroxylation is 4. The monoisotopic (exact) mass is 303 g/mol. The van der Waals surface area contributed by atoms with E-state index >= 15 is 0 Å². The highest BCUT2D eigenvalue weighted by atomic mass is 35.5. The van der Waals surface area contributed by atoms with Crippen LogP contribution in [0.1, 0.15) is 40.5 Å². The van der Waals surface area contributed by atoms with Gasteiger partial charge in [0, 0.05) is 19.5 Å². The number of nitrogens with one attached hydrogen (secondary N) is 1. The Morgan fingerprint density at radius 1 is 1.33 bits per heavy atom. The van der Waals surface area contributed by atoms with Crippen molar-refractivity contribution in [1.29, 1.82) is 0 Å². The summed E-state index contributed by atoms with van der Waals surface area (Å²) in [5, 5.41) is 8.62. The fraction of sp³-hybridized carbons (Fsp3) is 0.471. The van der Waals surface area contributed by atoms with Gasteiger partial charge in [-0.3, -0.25) is 4.68 Å². The first-order valence-electron chi connectivity index (χ1n) is 7.57. The van der Waals surface area contributed by atoms with Crippen LogP contribution in [0.5, 0.6) is 0 Å². The fourth-order valence-electron chi connectivity index (χ4n) is 3.29. The third kappa shape index (κ3) is 2.72. The molecule has 21 heavy (non-hydrogen) atoms. The van der Waals surface area contributed by atoms with Crippen LogP contribution in [-0.2, 0) is 26.3 Å². The summed E-state index contributed by atoms with van der Waals surface area (Å²) in [6, 6.07) is 7.17. The zero-order valence-electron chi connectivity index (χ0n) is 12.9. The second-order valence-corrected chi connectivity index (χ2v) is 6.27. The highest BCUT2D eigenvalue weighted by Crippen LogP contribution is 2.29. The van der Waals surface area contributed by atoms with Crippen LogP contribution >= 0.6 is 11.6 Å². The molecule has 3 nitrogen and oxygen atoms in total. The molecule has 1 aromatic heterocycles. The van der Waals surface area contributed by atoms with Crippen LogP contribution < -0.4 is 5.32 Å². The van der Waals surface area contributed by atoms with Gasteiger partial charge in [-0.25, -0.2) is 0 Å². The third-order valence-electron chi connectivity index (χ3n) is 4.53. The lowest BCUT2D eigenvalue weighted by Crippen LogP contribution is -2.20. The summed E-state index contributed by atoms with van der Waals surface area (Å²) in [6.07, 6.45) is 4.58. The van der Waals surface area contributed by atoms with E-state index in [0.717, 1.165) is 22.8 Å². The molecule has 1 unspecified atom stereocenters. The molecule has 0 spiro atoms. The Morgan fingerprint density at radius 2 is 2.10 bits per heavy atom. The molecule has 1 N–H and O–H groups in total. The minimum Gasteiger partial charge on any atom is -0.313 e. The Labute approximate surface area is 131 Å². The van der Waals surface area contributed by atoms with Gasteiger partial charge in [-0.15, -0.1) is 0 Å². The maximum atomic E-state index is 6.39. The molecule has 1 aromatic carbocycles. The van der Waals surface area contributed by atoms with Crippen LogP contribution in [0.25, 0.3) is 0 Å². The number of rotatable bonds is 4. The van der Waals surface area contributed by atoms with Crippen molar-refractivity contribution in [2.75, 3.05) is 7.05 Å². The predicted octanol–water partition coefficient (Wildman–Crippen LogP) is 3.37. The van der Waals surface area contributed by atoms with Crippen LogP contribution in [0.15, 0.2) is 18.2 Å². The lowest BCUT2D eigenvalue weighted by molar-refractivity contribution is 0.561. The summed E-state index contributed by atoms with van der Waals surface area (Å²) in [7, 11) is 3.97. The van der Waals surface area contributed by atoms with E-state index in [1.807, 2.05) is 25.7 Å². The van der Waals surface area contributed by atoms with Gasteiger partial charge >= 0.3 is 0 Å². The summed E-state index contributed by atoms with van der Waals surface area (Å²) in [5.74, 6) is 0. The average Bonchev–Trinajstić information content (AvgIpc) is 3.03. The Balaban J connectivity index is 1.88. The summed E-state index contributed by atoms with van der Waals surface area (Å²) >= 11 is 6.39. The number of likely N-dealkylation sites (N-methyl/N-ethyl adjacent to an activating group) is 1. The van der Waals surface area contributed by atoms with E-state index in [2.05, 4.69) is 28.6 Å². The van der Waals surface area contributed by atoms with E-state index in [1.54, 1.807) is 0 Å². The van der Waals surface area contributed by atoms with E-state index in [4.69, 9.17) is 11.6 Å². The number of hydrogen-bond donors (Lipinski definition) is 1. The van der Waals surface area contributed by atoms with E-state index in [9.17, 15) is 0 Å². The smallest absolute Gasteiger partial charge is 0.0847 e. The molecule has 2 aromatic rings. The molecule has 1 atom stereocenters. The van der Waals surface area contributed by atoms with Crippen LogP contribution in [0.3, 0.4) is 0 Å². The molecule has 0 saturated heterocycles. The average molecular weight is 304 g/mol. The SMILES string of the molecule is CNC(Cc1c(Cl)c(C)nn1C)c1ccc2c(c1)CCC2. The van der Waals surface area contributed by atoms with Gasteiger partial charge in [0.1, 0.15) is 0 Å². The molecular formula is C17H22ClN3. The number of hydrogen-bond acceptors (Lipinski definition) is 2. The van der Waals surface area contributed by atoms with Crippen molar-refractivity contribution in [1.82, 2.24) is 15.1 Å². The van der Waals surface area contributed by atoms with Gasteiger partial charge in [0.05, 0.1) is 16.4 Å². The number of fused-ring (bicyclic) bond motifs is 1. The lowest BCUT2D eigenvalue weighted by Gasteiger charge is -2.18. The number of benzene rings is 1.